The highest BCUT2D eigenvalue weighted by molar-refractivity contribution is 6.70. The Labute approximate surface area is 168 Å². The van der Waals surface area contributed by atoms with Gasteiger partial charge in [-0.2, -0.15) is 0 Å². The number of carbonyl (C=O) groups is 1. The van der Waals surface area contributed by atoms with Crippen LogP contribution in [0.15, 0.2) is 29.4 Å². The number of nitrogens with zero attached hydrogens (tertiary/aromatic N) is 1. The van der Waals surface area contributed by atoms with Crippen LogP contribution in [-0.4, -0.2) is 53.2 Å². The maximum Gasteiger partial charge on any atom is 0.308 e. The topological polar surface area (TPSA) is 75.6 Å². The average Bonchev–Trinajstić information content (AvgIpc) is 2.66. The van der Waals surface area contributed by atoms with Crippen LogP contribution in [0.3, 0.4) is 0 Å². The molecule has 0 bridgehead atoms. The quantitative estimate of drug-likeness (QED) is 0.481. The van der Waals surface area contributed by atoms with Crippen molar-refractivity contribution in [3.63, 3.8) is 0 Å². The average molecular weight is 410 g/mol. The molecule has 8 heteroatoms. The van der Waals surface area contributed by atoms with Crippen molar-refractivity contribution in [3.05, 3.63) is 29.8 Å². The Morgan fingerprint density at radius 3 is 2.39 bits per heavy atom. The first-order chi connectivity index (χ1) is 13.1. The first-order valence-corrected chi connectivity index (χ1v) is 12.7. The van der Waals surface area contributed by atoms with E-state index < -0.39 is 20.2 Å². The molecule has 1 heterocycles. The van der Waals surface area contributed by atoms with Crippen LogP contribution in [0.2, 0.25) is 19.6 Å². The molecule has 1 aromatic carbocycles. The minimum atomic E-state index is -1.97. The van der Waals surface area contributed by atoms with Crippen LogP contribution in [-0.2, 0) is 23.5 Å². The Balaban J connectivity index is 2.44. The molecule has 0 aromatic heterocycles. The van der Waals surface area contributed by atoms with Crippen LogP contribution in [0.4, 0.5) is 0 Å². The lowest BCUT2D eigenvalue weighted by molar-refractivity contribution is -0.222. The lowest BCUT2D eigenvalue weighted by Crippen LogP contribution is -2.45. The lowest BCUT2D eigenvalue weighted by Gasteiger charge is -2.38. The third-order valence-corrected chi connectivity index (χ3v) is 5.62. The van der Waals surface area contributed by atoms with Gasteiger partial charge in [0.25, 0.3) is 0 Å². The number of benzene rings is 1. The predicted octanol–water partition coefficient (Wildman–Crippen LogP) is 3.70. The van der Waals surface area contributed by atoms with Gasteiger partial charge in [-0.25, -0.2) is 0 Å². The molecule has 0 radical (unpaired) electrons. The van der Waals surface area contributed by atoms with Crippen LogP contribution < -0.4 is 4.74 Å². The summed E-state index contributed by atoms with van der Waals surface area (Å²) in [5, 5.41) is 4.38. The molecule has 28 heavy (non-hydrogen) atoms. The van der Waals surface area contributed by atoms with E-state index >= 15 is 0 Å². The number of methoxy groups -OCH3 is 3. The van der Waals surface area contributed by atoms with Gasteiger partial charge in [0.05, 0.1) is 32.5 Å². The Kier molecular flexibility index (Phi) is 7.25. The second-order valence-corrected chi connectivity index (χ2v) is 12.4. The second kappa shape index (κ2) is 9.06. The molecule has 156 valence electrons. The SMILES string of the molecule is COC(=O)CC(O[Si](C)(C)C)C1=NO[C@](C)(OC)C[C@H]1c1ccc(OC)cc1. The maximum atomic E-state index is 12.0. The van der Waals surface area contributed by atoms with Gasteiger partial charge < -0.3 is 23.5 Å². The summed E-state index contributed by atoms with van der Waals surface area (Å²) in [7, 11) is 2.63. The van der Waals surface area contributed by atoms with E-state index in [-0.39, 0.29) is 18.3 Å². The predicted molar refractivity (Wildman–Crippen MR) is 109 cm³/mol. The van der Waals surface area contributed by atoms with Crippen molar-refractivity contribution in [3.8, 4) is 5.75 Å². The molecule has 1 aromatic rings. The van der Waals surface area contributed by atoms with E-state index in [0.717, 1.165) is 11.3 Å². The van der Waals surface area contributed by atoms with E-state index in [2.05, 4.69) is 24.8 Å². The minimum Gasteiger partial charge on any atom is -0.497 e. The van der Waals surface area contributed by atoms with Gasteiger partial charge in [-0.05, 0) is 37.3 Å². The summed E-state index contributed by atoms with van der Waals surface area (Å²) in [6.07, 6.45) is 0.105. The van der Waals surface area contributed by atoms with Crippen molar-refractivity contribution in [2.24, 2.45) is 5.16 Å². The molecule has 7 nitrogen and oxygen atoms in total. The summed E-state index contributed by atoms with van der Waals surface area (Å²) < 4.78 is 22.0. The highest BCUT2D eigenvalue weighted by Crippen LogP contribution is 2.37. The summed E-state index contributed by atoms with van der Waals surface area (Å²) in [5.41, 5.74) is 1.70. The number of hydrogen-bond acceptors (Lipinski definition) is 7. The normalized spacial score (nSPS) is 23.4. The summed E-state index contributed by atoms with van der Waals surface area (Å²) in [6, 6.07) is 7.79. The summed E-state index contributed by atoms with van der Waals surface area (Å²) >= 11 is 0. The van der Waals surface area contributed by atoms with E-state index in [1.54, 1.807) is 14.2 Å². The van der Waals surface area contributed by atoms with Crippen LogP contribution >= 0.6 is 0 Å². The van der Waals surface area contributed by atoms with E-state index in [4.69, 9.17) is 23.5 Å². The zero-order chi connectivity index (χ0) is 20.9. The molecule has 0 saturated heterocycles. The Bertz CT molecular complexity index is 700. The minimum absolute atomic E-state index is 0.0827. The van der Waals surface area contributed by atoms with Gasteiger partial charge in [-0.3, -0.25) is 4.79 Å². The van der Waals surface area contributed by atoms with Gasteiger partial charge in [0.15, 0.2) is 8.32 Å². The Morgan fingerprint density at radius 2 is 1.89 bits per heavy atom. The molecule has 1 unspecified atom stereocenters. The van der Waals surface area contributed by atoms with Crippen LogP contribution in [0.1, 0.15) is 31.2 Å². The Hall–Kier alpha value is -1.90. The smallest absolute Gasteiger partial charge is 0.308 e. The molecule has 3 atom stereocenters. The number of oxime groups is 1. The van der Waals surface area contributed by atoms with E-state index in [1.165, 1.54) is 7.11 Å². The molecule has 0 saturated carbocycles. The van der Waals surface area contributed by atoms with Gasteiger partial charge in [0.1, 0.15) is 5.75 Å². The van der Waals surface area contributed by atoms with Crippen molar-refractivity contribution in [1.29, 1.82) is 0 Å². The molecule has 1 aliphatic heterocycles. The number of carbonyl (C=O) groups excluding carboxylic acids is 1. The van der Waals surface area contributed by atoms with Crippen molar-refractivity contribution in [2.45, 2.75) is 57.2 Å². The van der Waals surface area contributed by atoms with Gasteiger partial charge >= 0.3 is 5.97 Å². The largest absolute Gasteiger partial charge is 0.497 e. The molecule has 0 spiro atoms. The second-order valence-electron chi connectivity index (χ2n) is 7.97. The van der Waals surface area contributed by atoms with Crippen LogP contribution in [0, 0.1) is 0 Å². The van der Waals surface area contributed by atoms with Crippen LogP contribution in [0.5, 0.6) is 5.75 Å². The zero-order valence-corrected chi connectivity index (χ0v) is 18.8. The molecule has 0 fully saturated rings. The lowest BCUT2D eigenvalue weighted by atomic mass is 9.84. The Morgan fingerprint density at radius 1 is 1.25 bits per heavy atom. The number of ether oxygens (including phenoxy) is 3. The fourth-order valence-corrected chi connectivity index (χ4v) is 4.18. The van der Waals surface area contributed by atoms with E-state index in [1.807, 2.05) is 31.2 Å². The van der Waals surface area contributed by atoms with Gasteiger partial charge in [-0.15, -0.1) is 0 Å². The van der Waals surface area contributed by atoms with Crippen molar-refractivity contribution >= 4 is 20.0 Å². The van der Waals surface area contributed by atoms with E-state index in [0.29, 0.717) is 12.1 Å². The van der Waals surface area contributed by atoms with Crippen LogP contribution in [0.25, 0.3) is 0 Å². The fourth-order valence-electron chi connectivity index (χ4n) is 3.12. The highest BCUT2D eigenvalue weighted by Gasteiger charge is 2.42. The third-order valence-electron chi connectivity index (χ3n) is 4.63. The third kappa shape index (κ3) is 5.80. The fraction of sp³-hybridized carbons (Fsp3) is 0.600. The number of esters is 1. The monoisotopic (exact) mass is 409 g/mol. The van der Waals surface area contributed by atoms with Crippen molar-refractivity contribution in [2.75, 3.05) is 21.3 Å². The molecule has 0 aliphatic carbocycles. The number of hydrogen-bond donors (Lipinski definition) is 0. The van der Waals surface area contributed by atoms with E-state index in [9.17, 15) is 4.79 Å². The summed E-state index contributed by atoms with van der Waals surface area (Å²) in [4.78, 5) is 17.7. The molecule has 1 aliphatic rings. The maximum absolute atomic E-state index is 12.0. The molecular weight excluding hydrogens is 378 g/mol. The molecule has 2 rings (SSSR count). The first-order valence-electron chi connectivity index (χ1n) is 9.30. The van der Waals surface area contributed by atoms with Crippen molar-refractivity contribution in [1.82, 2.24) is 0 Å². The molecule has 0 N–H and O–H groups in total. The number of rotatable bonds is 8. The zero-order valence-electron chi connectivity index (χ0n) is 17.8. The van der Waals surface area contributed by atoms with Gasteiger partial charge in [0.2, 0.25) is 5.79 Å². The van der Waals surface area contributed by atoms with Crippen molar-refractivity contribution < 1.29 is 28.3 Å². The standard InChI is InChI=1S/C20H31NO6Si/c1-20(25-4)13-16(14-8-10-15(23-2)11-9-14)19(21-27-20)17(12-18(22)24-3)26-28(5,6)7/h8-11,16-17H,12-13H2,1-7H3/t16-,17?,20-/m0/s1. The van der Waals surface area contributed by atoms with Gasteiger partial charge in [-0.1, -0.05) is 17.3 Å². The first kappa shape index (κ1) is 22.4. The summed E-state index contributed by atoms with van der Waals surface area (Å²) in [5.74, 6) is -0.563. The molecular formula is C20H31NO6Si. The summed E-state index contributed by atoms with van der Waals surface area (Å²) in [6.45, 7) is 8.06. The van der Waals surface area contributed by atoms with Gasteiger partial charge in [0, 0.05) is 26.4 Å². The molecule has 0 amide bonds. The highest BCUT2D eigenvalue weighted by atomic mass is 28.4.